The topological polar surface area (TPSA) is 78.4 Å². The van der Waals surface area contributed by atoms with Gasteiger partial charge >= 0.3 is 0 Å². The Morgan fingerprint density at radius 1 is 1.43 bits per heavy atom. The highest BCUT2D eigenvalue weighted by molar-refractivity contribution is 5.77. The summed E-state index contributed by atoms with van der Waals surface area (Å²) < 4.78 is 0. The molecule has 2 atom stereocenters. The van der Waals surface area contributed by atoms with Crippen molar-refractivity contribution >= 4 is 11.7 Å². The third kappa shape index (κ3) is 4.41. The number of carbonyl (C=O) groups is 1. The first-order chi connectivity index (χ1) is 11.2. The van der Waals surface area contributed by atoms with Gasteiger partial charge in [0, 0.05) is 30.9 Å². The maximum Gasteiger partial charge on any atom is 0.222 e. The second-order valence-corrected chi connectivity index (χ2v) is 6.68. The van der Waals surface area contributed by atoms with Crippen LogP contribution in [0.4, 0.5) is 5.82 Å². The second-order valence-electron chi connectivity index (χ2n) is 6.68. The Labute approximate surface area is 137 Å². The number of hydrogen-bond acceptors (Lipinski definition) is 5. The third-order valence-electron chi connectivity index (χ3n) is 4.74. The normalized spacial score (nSPS) is 22.7. The summed E-state index contributed by atoms with van der Waals surface area (Å²) in [7, 11) is 0. The smallest absolute Gasteiger partial charge is 0.222 e. The number of aromatic nitrogens is 2. The predicted molar refractivity (Wildman–Crippen MR) is 88.1 cm³/mol. The van der Waals surface area contributed by atoms with Gasteiger partial charge in [-0.25, -0.2) is 9.97 Å². The molecular formula is C17H26N4O2. The first kappa shape index (κ1) is 16.2. The first-order valence-corrected chi connectivity index (χ1v) is 8.69. The lowest BCUT2D eigenvalue weighted by Gasteiger charge is -2.34. The minimum atomic E-state index is -0.469. The van der Waals surface area contributed by atoms with E-state index in [2.05, 4.69) is 27.1 Å². The van der Waals surface area contributed by atoms with Gasteiger partial charge in [-0.05, 0) is 38.0 Å². The van der Waals surface area contributed by atoms with Gasteiger partial charge in [0.2, 0.25) is 5.91 Å². The van der Waals surface area contributed by atoms with Gasteiger partial charge in [-0.2, -0.15) is 0 Å². The molecule has 3 rings (SSSR count). The summed E-state index contributed by atoms with van der Waals surface area (Å²) >= 11 is 0. The zero-order chi connectivity index (χ0) is 16.2. The molecule has 2 aliphatic rings. The quantitative estimate of drug-likeness (QED) is 0.826. The van der Waals surface area contributed by atoms with E-state index in [0.717, 1.165) is 56.7 Å². The van der Waals surface area contributed by atoms with E-state index < -0.39 is 6.10 Å². The molecule has 2 heterocycles. The molecular weight excluding hydrogens is 292 g/mol. The molecule has 6 nitrogen and oxygen atoms in total. The van der Waals surface area contributed by atoms with Crippen LogP contribution in [0.5, 0.6) is 0 Å². The molecule has 0 aromatic carbocycles. The Bertz CT molecular complexity index is 547. The molecule has 126 valence electrons. The molecule has 1 aromatic rings. The lowest BCUT2D eigenvalue weighted by atomic mass is 10.0. The predicted octanol–water partition coefficient (Wildman–Crippen LogP) is 1.28. The van der Waals surface area contributed by atoms with Crippen molar-refractivity contribution < 1.29 is 9.90 Å². The SMILES string of the molecule is CCc1cc(N2CCCC(NC(=O)CC(O)C3CC3)C2)ncn1. The van der Waals surface area contributed by atoms with Crippen molar-refractivity contribution in [2.24, 2.45) is 5.92 Å². The fourth-order valence-electron chi connectivity index (χ4n) is 3.18. The molecule has 1 saturated heterocycles. The van der Waals surface area contributed by atoms with Crippen LogP contribution in [0.2, 0.25) is 0 Å². The van der Waals surface area contributed by atoms with Crippen molar-refractivity contribution in [3.05, 3.63) is 18.1 Å². The number of piperidine rings is 1. The first-order valence-electron chi connectivity index (χ1n) is 8.69. The Morgan fingerprint density at radius 2 is 2.26 bits per heavy atom. The van der Waals surface area contributed by atoms with Gasteiger partial charge in [-0.3, -0.25) is 4.79 Å². The van der Waals surface area contributed by atoms with Crippen LogP contribution in [0, 0.1) is 5.92 Å². The lowest BCUT2D eigenvalue weighted by Crippen LogP contribution is -2.48. The molecule has 0 bridgehead atoms. The summed E-state index contributed by atoms with van der Waals surface area (Å²) in [6, 6.07) is 2.16. The van der Waals surface area contributed by atoms with E-state index in [1.54, 1.807) is 6.33 Å². The van der Waals surface area contributed by atoms with Crippen LogP contribution < -0.4 is 10.2 Å². The van der Waals surface area contributed by atoms with Gasteiger partial charge in [-0.15, -0.1) is 0 Å². The van der Waals surface area contributed by atoms with E-state index in [1.807, 2.05) is 6.07 Å². The highest BCUT2D eigenvalue weighted by atomic mass is 16.3. The number of rotatable bonds is 6. The van der Waals surface area contributed by atoms with Crippen LogP contribution in [0.25, 0.3) is 0 Å². The van der Waals surface area contributed by atoms with Crippen LogP contribution in [-0.2, 0) is 11.2 Å². The molecule has 2 fully saturated rings. The summed E-state index contributed by atoms with van der Waals surface area (Å²) in [6.45, 7) is 3.80. The number of aliphatic hydroxyl groups excluding tert-OH is 1. The molecule has 1 aromatic heterocycles. The van der Waals surface area contributed by atoms with Crippen LogP contribution in [0.1, 0.15) is 44.7 Å². The molecule has 1 saturated carbocycles. The Kier molecular flexibility index (Phi) is 5.10. The van der Waals surface area contributed by atoms with E-state index in [0.29, 0.717) is 5.92 Å². The Balaban J connectivity index is 1.53. The number of carbonyl (C=O) groups excluding carboxylic acids is 1. The minimum absolute atomic E-state index is 0.0341. The Morgan fingerprint density at radius 3 is 3.00 bits per heavy atom. The molecule has 1 aliphatic heterocycles. The van der Waals surface area contributed by atoms with E-state index in [9.17, 15) is 9.90 Å². The fraction of sp³-hybridized carbons (Fsp3) is 0.706. The van der Waals surface area contributed by atoms with Gasteiger partial charge in [0.05, 0.1) is 12.5 Å². The maximum atomic E-state index is 12.1. The average molecular weight is 318 g/mol. The maximum absolute atomic E-state index is 12.1. The van der Waals surface area contributed by atoms with Crippen molar-refractivity contribution in [3.8, 4) is 0 Å². The summed E-state index contributed by atoms with van der Waals surface area (Å²) in [6.07, 6.45) is 6.39. The molecule has 0 radical (unpaired) electrons. The molecule has 1 amide bonds. The van der Waals surface area contributed by atoms with Crippen molar-refractivity contribution in [2.75, 3.05) is 18.0 Å². The highest BCUT2D eigenvalue weighted by Gasteiger charge is 2.31. The van der Waals surface area contributed by atoms with Crippen LogP contribution in [-0.4, -0.2) is 46.2 Å². The van der Waals surface area contributed by atoms with E-state index in [1.165, 1.54) is 0 Å². The zero-order valence-corrected chi connectivity index (χ0v) is 13.7. The number of anilines is 1. The van der Waals surface area contributed by atoms with Crippen LogP contribution in [0.3, 0.4) is 0 Å². The fourth-order valence-corrected chi connectivity index (χ4v) is 3.18. The molecule has 6 heteroatoms. The van der Waals surface area contributed by atoms with Gasteiger partial charge in [-0.1, -0.05) is 6.92 Å². The van der Waals surface area contributed by atoms with Gasteiger partial charge < -0.3 is 15.3 Å². The number of hydrogen-bond donors (Lipinski definition) is 2. The molecule has 1 aliphatic carbocycles. The summed E-state index contributed by atoms with van der Waals surface area (Å²) in [5.74, 6) is 1.25. The van der Waals surface area contributed by atoms with Gasteiger partial charge in [0.15, 0.2) is 0 Å². The number of aryl methyl sites for hydroxylation is 1. The van der Waals surface area contributed by atoms with Gasteiger partial charge in [0.1, 0.15) is 12.1 Å². The number of nitrogens with zero attached hydrogens (tertiary/aromatic N) is 3. The van der Waals surface area contributed by atoms with Crippen molar-refractivity contribution in [3.63, 3.8) is 0 Å². The summed E-state index contributed by atoms with van der Waals surface area (Å²) in [4.78, 5) is 22.9. The average Bonchev–Trinajstić information content (AvgIpc) is 3.40. The van der Waals surface area contributed by atoms with Crippen molar-refractivity contribution in [1.29, 1.82) is 0 Å². The molecule has 2 N–H and O–H groups in total. The molecule has 23 heavy (non-hydrogen) atoms. The van der Waals surface area contributed by atoms with E-state index in [4.69, 9.17) is 0 Å². The molecule has 0 spiro atoms. The minimum Gasteiger partial charge on any atom is -0.392 e. The van der Waals surface area contributed by atoms with Crippen molar-refractivity contribution in [1.82, 2.24) is 15.3 Å². The van der Waals surface area contributed by atoms with Gasteiger partial charge in [0.25, 0.3) is 0 Å². The van der Waals surface area contributed by atoms with E-state index in [-0.39, 0.29) is 18.4 Å². The number of nitrogens with one attached hydrogen (secondary N) is 1. The second kappa shape index (κ2) is 7.25. The zero-order valence-electron chi connectivity index (χ0n) is 13.7. The van der Waals surface area contributed by atoms with Crippen molar-refractivity contribution in [2.45, 2.75) is 57.6 Å². The largest absolute Gasteiger partial charge is 0.392 e. The number of aliphatic hydroxyl groups is 1. The van der Waals surface area contributed by atoms with Crippen LogP contribution >= 0.6 is 0 Å². The van der Waals surface area contributed by atoms with E-state index >= 15 is 0 Å². The summed E-state index contributed by atoms with van der Waals surface area (Å²) in [5.41, 5.74) is 1.04. The monoisotopic (exact) mass is 318 g/mol. The van der Waals surface area contributed by atoms with Crippen LogP contribution in [0.15, 0.2) is 12.4 Å². The standard InChI is InChI=1S/C17H26N4O2/c1-2-13-8-16(19-11-18-13)21-7-3-4-14(10-21)20-17(23)9-15(22)12-5-6-12/h8,11-12,14-15,22H,2-7,9-10H2,1H3,(H,20,23). The number of amides is 1. The third-order valence-corrected chi connectivity index (χ3v) is 4.74. The highest BCUT2D eigenvalue weighted by Crippen LogP contribution is 2.33. The Hall–Kier alpha value is -1.69. The molecule has 2 unspecified atom stereocenters. The lowest BCUT2D eigenvalue weighted by molar-refractivity contribution is -0.124. The summed E-state index contributed by atoms with van der Waals surface area (Å²) in [5, 5.41) is 13.0.